The van der Waals surface area contributed by atoms with Crippen molar-refractivity contribution in [2.45, 2.75) is 11.4 Å². The molecule has 96 valence electrons. The molecule has 0 aliphatic rings. The van der Waals surface area contributed by atoms with Crippen LogP contribution in [0.5, 0.6) is 0 Å². The monoisotopic (exact) mass is 266 g/mol. The minimum Gasteiger partial charge on any atom is -0.316 e. The van der Waals surface area contributed by atoms with Gasteiger partial charge in [0, 0.05) is 12.7 Å². The first-order valence-corrected chi connectivity index (χ1v) is 6.86. The number of anilines is 1. The van der Waals surface area contributed by atoms with Crippen molar-refractivity contribution in [3.63, 3.8) is 0 Å². The second-order valence-corrected chi connectivity index (χ2v) is 5.38. The summed E-state index contributed by atoms with van der Waals surface area (Å²) >= 11 is 0. The molecule has 18 heavy (non-hydrogen) atoms. The topological polar surface area (TPSA) is 86.9 Å². The summed E-state index contributed by atoms with van der Waals surface area (Å²) in [6, 6.07) is 6.86. The van der Waals surface area contributed by atoms with Crippen LogP contribution < -0.4 is 10.0 Å². The first-order chi connectivity index (χ1) is 8.63. The third-order valence-corrected chi connectivity index (χ3v) is 3.86. The zero-order valence-corrected chi connectivity index (χ0v) is 10.7. The molecule has 1 heterocycles. The van der Waals surface area contributed by atoms with E-state index in [1.54, 1.807) is 25.2 Å². The Balaban J connectivity index is 2.35. The van der Waals surface area contributed by atoms with Crippen LogP contribution in [0.15, 0.2) is 41.6 Å². The fourth-order valence-electron chi connectivity index (χ4n) is 1.62. The van der Waals surface area contributed by atoms with Crippen LogP contribution in [0, 0.1) is 0 Å². The summed E-state index contributed by atoms with van der Waals surface area (Å²) in [5.41, 5.74) is 1.13. The number of hydrogen-bond acceptors (Lipinski definition) is 4. The van der Waals surface area contributed by atoms with Crippen LogP contribution >= 0.6 is 0 Å². The summed E-state index contributed by atoms with van der Waals surface area (Å²) in [5.74, 6) is 0. The summed E-state index contributed by atoms with van der Waals surface area (Å²) in [5, 5.41) is 9.19. The highest BCUT2D eigenvalue weighted by Gasteiger charge is 2.18. The Hall–Kier alpha value is -1.86. The van der Waals surface area contributed by atoms with Crippen molar-refractivity contribution in [2.75, 3.05) is 11.8 Å². The zero-order valence-electron chi connectivity index (χ0n) is 9.84. The predicted molar refractivity (Wildman–Crippen MR) is 68.6 cm³/mol. The van der Waals surface area contributed by atoms with Gasteiger partial charge in [0.15, 0.2) is 0 Å². The molecule has 0 spiro atoms. The Bertz CT molecular complexity index is 608. The largest absolute Gasteiger partial charge is 0.316 e. The maximum atomic E-state index is 12.2. The van der Waals surface area contributed by atoms with Crippen LogP contribution in [0.2, 0.25) is 0 Å². The van der Waals surface area contributed by atoms with Crippen molar-refractivity contribution in [2.24, 2.45) is 0 Å². The minimum atomic E-state index is -3.59. The van der Waals surface area contributed by atoms with Crippen molar-refractivity contribution in [1.82, 2.24) is 15.5 Å². The summed E-state index contributed by atoms with van der Waals surface area (Å²) in [6.07, 6.45) is 2.90. The molecule has 6 nitrogen and oxygen atoms in total. The van der Waals surface area contributed by atoms with Gasteiger partial charge < -0.3 is 5.32 Å². The van der Waals surface area contributed by atoms with Crippen LogP contribution in [0.1, 0.15) is 5.56 Å². The third kappa shape index (κ3) is 2.69. The normalized spacial score (nSPS) is 11.4. The van der Waals surface area contributed by atoms with E-state index < -0.39 is 10.0 Å². The predicted octanol–water partition coefficient (Wildman–Crippen LogP) is 0.930. The summed E-state index contributed by atoms with van der Waals surface area (Å²) in [4.78, 5) is 0.264. The highest BCUT2D eigenvalue weighted by atomic mass is 32.2. The molecule has 1 aromatic carbocycles. The van der Waals surface area contributed by atoms with E-state index in [4.69, 9.17) is 0 Å². The number of nitrogens with one attached hydrogen (secondary N) is 3. The fraction of sp³-hybridized carbons (Fsp3) is 0.182. The van der Waals surface area contributed by atoms with Gasteiger partial charge in [-0.1, -0.05) is 18.2 Å². The van der Waals surface area contributed by atoms with Gasteiger partial charge in [-0.15, -0.1) is 0 Å². The van der Waals surface area contributed by atoms with Gasteiger partial charge in [-0.2, -0.15) is 5.10 Å². The molecule has 0 saturated carbocycles. The second kappa shape index (κ2) is 5.19. The number of nitrogens with zero attached hydrogens (tertiary/aromatic N) is 1. The minimum absolute atomic E-state index is 0.264. The highest BCUT2D eigenvalue weighted by Crippen LogP contribution is 2.18. The van der Waals surface area contributed by atoms with E-state index in [1.807, 2.05) is 6.07 Å². The standard InChI is InChI=1S/C11H14N4O2S/c1-12-6-9-4-2-3-5-11(9)18(16,17)15-10-7-13-14-8-10/h2-5,7-8,12,15H,6H2,1H3,(H,13,14). The maximum absolute atomic E-state index is 12.2. The molecule has 0 atom stereocenters. The van der Waals surface area contributed by atoms with Crippen LogP contribution in [0.4, 0.5) is 5.69 Å². The quantitative estimate of drug-likeness (QED) is 0.751. The fourth-order valence-corrected chi connectivity index (χ4v) is 2.89. The first kappa shape index (κ1) is 12.6. The molecular weight excluding hydrogens is 252 g/mol. The lowest BCUT2D eigenvalue weighted by molar-refractivity contribution is 0.599. The van der Waals surface area contributed by atoms with Crippen LogP contribution in [0.3, 0.4) is 0 Å². The molecule has 1 aromatic heterocycles. The lowest BCUT2D eigenvalue weighted by atomic mass is 10.2. The number of H-pyrrole nitrogens is 1. The molecule has 7 heteroatoms. The Morgan fingerprint density at radius 1 is 1.33 bits per heavy atom. The molecule has 0 radical (unpaired) electrons. The molecule has 0 bridgehead atoms. The summed E-state index contributed by atoms with van der Waals surface area (Å²) < 4.78 is 26.9. The van der Waals surface area contributed by atoms with E-state index in [0.717, 1.165) is 5.56 Å². The lowest BCUT2D eigenvalue weighted by Gasteiger charge is -2.10. The van der Waals surface area contributed by atoms with E-state index in [9.17, 15) is 8.42 Å². The van der Waals surface area contributed by atoms with Crippen LogP contribution in [-0.2, 0) is 16.6 Å². The van der Waals surface area contributed by atoms with E-state index in [0.29, 0.717) is 12.2 Å². The number of benzene rings is 1. The highest BCUT2D eigenvalue weighted by molar-refractivity contribution is 7.92. The van der Waals surface area contributed by atoms with Gasteiger partial charge in [0.25, 0.3) is 10.0 Å². The Kier molecular flexibility index (Phi) is 3.63. The lowest BCUT2D eigenvalue weighted by Crippen LogP contribution is -2.17. The van der Waals surface area contributed by atoms with E-state index in [-0.39, 0.29) is 4.90 Å². The molecule has 0 saturated heterocycles. The molecule has 3 N–H and O–H groups in total. The van der Waals surface area contributed by atoms with Crippen molar-refractivity contribution in [3.8, 4) is 0 Å². The smallest absolute Gasteiger partial charge is 0.262 e. The molecular formula is C11H14N4O2S. The number of rotatable bonds is 5. The molecule has 0 fully saturated rings. The van der Waals surface area contributed by atoms with Gasteiger partial charge >= 0.3 is 0 Å². The van der Waals surface area contributed by atoms with Crippen molar-refractivity contribution in [1.29, 1.82) is 0 Å². The SMILES string of the molecule is CNCc1ccccc1S(=O)(=O)Nc1cn[nH]c1. The zero-order chi connectivity index (χ0) is 13.0. The van der Waals surface area contributed by atoms with Crippen molar-refractivity contribution >= 4 is 15.7 Å². The van der Waals surface area contributed by atoms with Crippen molar-refractivity contribution < 1.29 is 8.42 Å². The number of aromatic amines is 1. The number of aromatic nitrogens is 2. The summed E-state index contributed by atoms with van der Waals surface area (Å²) in [7, 11) is -1.82. The van der Waals surface area contributed by atoms with Crippen LogP contribution in [-0.4, -0.2) is 25.7 Å². The average Bonchev–Trinajstić information content (AvgIpc) is 2.82. The number of hydrogen-bond donors (Lipinski definition) is 3. The summed E-state index contributed by atoms with van der Waals surface area (Å²) in [6.45, 7) is 0.489. The number of sulfonamides is 1. The Morgan fingerprint density at radius 3 is 2.78 bits per heavy atom. The van der Waals surface area contributed by atoms with Gasteiger partial charge in [-0.3, -0.25) is 9.82 Å². The van der Waals surface area contributed by atoms with Gasteiger partial charge in [0.05, 0.1) is 16.8 Å². The average molecular weight is 266 g/mol. The van der Waals surface area contributed by atoms with E-state index in [2.05, 4.69) is 20.2 Å². The Morgan fingerprint density at radius 2 is 2.11 bits per heavy atom. The second-order valence-electron chi connectivity index (χ2n) is 3.73. The molecule has 0 amide bonds. The van der Waals surface area contributed by atoms with Gasteiger partial charge in [0.2, 0.25) is 0 Å². The van der Waals surface area contributed by atoms with E-state index >= 15 is 0 Å². The molecule has 2 aromatic rings. The molecule has 0 unspecified atom stereocenters. The van der Waals surface area contributed by atoms with Crippen LogP contribution in [0.25, 0.3) is 0 Å². The first-order valence-electron chi connectivity index (χ1n) is 5.37. The molecule has 0 aliphatic heterocycles. The van der Waals surface area contributed by atoms with Gasteiger partial charge in [0.1, 0.15) is 0 Å². The third-order valence-electron chi connectivity index (χ3n) is 2.38. The van der Waals surface area contributed by atoms with Gasteiger partial charge in [-0.05, 0) is 18.7 Å². The van der Waals surface area contributed by atoms with Gasteiger partial charge in [-0.25, -0.2) is 8.42 Å². The Labute approximate surface area is 105 Å². The van der Waals surface area contributed by atoms with E-state index in [1.165, 1.54) is 12.4 Å². The van der Waals surface area contributed by atoms with Crippen molar-refractivity contribution in [3.05, 3.63) is 42.2 Å². The molecule has 2 rings (SSSR count). The molecule has 0 aliphatic carbocycles. The maximum Gasteiger partial charge on any atom is 0.262 e.